The lowest BCUT2D eigenvalue weighted by Crippen LogP contribution is -2.61. The van der Waals surface area contributed by atoms with Crippen molar-refractivity contribution in [1.29, 1.82) is 0 Å². The van der Waals surface area contributed by atoms with E-state index in [1.54, 1.807) is 0 Å². The number of aliphatic hydroxyl groups is 1. The van der Waals surface area contributed by atoms with Crippen molar-refractivity contribution in [2.24, 2.45) is 85.8 Å². The minimum atomic E-state index is -0.555. The molecule has 13 aliphatic rings. The maximum atomic E-state index is 12.9. The molecule has 0 amide bonds. The largest absolute Gasteiger partial charge is 0.462 e. The second kappa shape index (κ2) is 29.2. The fourth-order valence-corrected chi connectivity index (χ4v) is 18.6. The average molecular weight is 1280 g/mol. The van der Waals surface area contributed by atoms with Crippen LogP contribution in [0.4, 0.5) is 0 Å². The highest BCUT2D eigenvalue weighted by Gasteiger charge is 2.65. The maximum Gasteiger partial charge on any atom is 0.312 e. The molecule has 12 aliphatic carbocycles. The summed E-state index contributed by atoms with van der Waals surface area (Å²) in [4.78, 5) is 72.9. The molecule has 0 aromatic rings. The fourth-order valence-electron chi connectivity index (χ4n) is 18.6. The van der Waals surface area contributed by atoms with Crippen molar-refractivity contribution >= 4 is 35.8 Å². The van der Waals surface area contributed by atoms with Crippen LogP contribution in [0, 0.1) is 85.8 Å². The number of rotatable bonds is 19. The molecule has 7 unspecified atom stereocenters. The van der Waals surface area contributed by atoms with Crippen LogP contribution in [0.1, 0.15) is 331 Å². The number of ether oxygens (including phenoxy) is 6. The smallest absolute Gasteiger partial charge is 0.312 e. The predicted molar refractivity (Wildman–Crippen MR) is 358 cm³/mol. The van der Waals surface area contributed by atoms with Gasteiger partial charge in [-0.1, -0.05) is 74.1 Å². The molecule has 0 spiro atoms. The minimum Gasteiger partial charge on any atom is -0.462 e. The van der Waals surface area contributed by atoms with E-state index >= 15 is 0 Å². The lowest BCUT2D eigenvalue weighted by Gasteiger charge is -2.63. The summed E-state index contributed by atoms with van der Waals surface area (Å²) in [7, 11) is 0. The summed E-state index contributed by atoms with van der Waals surface area (Å²) in [6.45, 7) is 38.4. The molecule has 13 heteroatoms. The van der Waals surface area contributed by atoms with Gasteiger partial charge in [0.2, 0.25) is 0 Å². The fraction of sp³-hybridized carbons (Fsp3) is 0.923. The van der Waals surface area contributed by atoms with Crippen LogP contribution in [-0.4, -0.2) is 81.6 Å². The second-order valence-corrected chi connectivity index (χ2v) is 35.5. The van der Waals surface area contributed by atoms with Gasteiger partial charge in [0, 0.05) is 23.7 Å². The van der Waals surface area contributed by atoms with Crippen LogP contribution in [0.25, 0.3) is 0 Å². The van der Waals surface area contributed by atoms with E-state index in [0.717, 1.165) is 114 Å². The molecule has 0 radical (unpaired) electrons. The van der Waals surface area contributed by atoms with Crippen LogP contribution in [-0.2, 0) is 57.2 Å². The third-order valence-electron chi connectivity index (χ3n) is 26.3. The minimum absolute atomic E-state index is 0.0214. The molecule has 13 rings (SSSR count). The molecule has 1 aliphatic heterocycles. The molecule has 1 N–H and O–H groups in total. The summed E-state index contributed by atoms with van der Waals surface area (Å²) in [5, 5.41) is 10.6. The topological polar surface area (TPSA) is 178 Å². The van der Waals surface area contributed by atoms with Gasteiger partial charge >= 0.3 is 35.8 Å². The number of hydrogen-bond acceptors (Lipinski definition) is 13. The summed E-state index contributed by atoms with van der Waals surface area (Å²) >= 11 is 0. The van der Waals surface area contributed by atoms with E-state index in [9.17, 15) is 33.9 Å². The van der Waals surface area contributed by atoms with Crippen molar-refractivity contribution in [1.82, 2.24) is 0 Å². The van der Waals surface area contributed by atoms with Gasteiger partial charge in [-0.25, -0.2) is 0 Å². The molecule has 12 saturated carbocycles. The van der Waals surface area contributed by atoms with Crippen LogP contribution in [0.5, 0.6) is 0 Å². The summed E-state index contributed by atoms with van der Waals surface area (Å²) < 4.78 is 34.8. The predicted octanol–water partition coefficient (Wildman–Crippen LogP) is 18.3. The van der Waals surface area contributed by atoms with Crippen molar-refractivity contribution in [2.45, 2.75) is 371 Å². The molecule has 7 atom stereocenters. The normalized spacial score (nSPS) is 33.1. The zero-order valence-electron chi connectivity index (χ0n) is 61.2. The van der Waals surface area contributed by atoms with Crippen LogP contribution in [0.15, 0.2) is 0 Å². The van der Waals surface area contributed by atoms with E-state index < -0.39 is 16.4 Å². The van der Waals surface area contributed by atoms with Gasteiger partial charge < -0.3 is 33.5 Å². The third-order valence-corrected chi connectivity index (χ3v) is 26.3. The quantitative estimate of drug-likeness (QED) is 0.0955. The monoisotopic (exact) mass is 1280 g/mol. The Morgan fingerprint density at radius 3 is 1.34 bits per heavy atom. The Kier molecular flexibility index (Phi) is 24.2. The first-order valence-electron chi connectivity index (χ1n) is 37.4. The SMILES string of the molecule is CCC(C)(C)C(=O)OC(C)(C)C1CCCCC1.CCC(C)(C)C(=O)OC(CC)(CC)C12CC3CC(CC(C3)C1)C2.CCC(C)(C)C(=O)OC12CC3CC(CC(O)(C3)C1)C2.CCC(C)(C)C(=O)OC1C2CC3C(=O)OC1C3C2.CCC(C)(C)C(=O)OC1CCCCC1. The average Bonchev–Trinajstić information content (AvgIpc) is 0.890. The summed E-state index contributed by atoms with van der Waals surface area (Å²) in [5.41, 5.74) is -3.07. The van der Waals surface area contributed by atoms with Crippen LogP contribution < -0.4 is 0 Å². The lowest BCUT2D eigenvalue weighted by atomic mass is 9.44. The molecule has 13 nitrogen and oxygen atoms in total. The molecule has 91 heavy (non-hydrogen) atoms. The Labute approximate surface area is 552 Å². The van der Waals surface area contributed by atoms with Gasteiger partial charge in [-0.15, -0.1) is 0 Å². The van der Waals surface area contributed by atoms with Crippen molar-refractivity contribution in [3.63, 3.8) is 0 Å². The molecular weight excluding hydrogens is 1140 g/mol. The van der Waals surface area contributed by atoms with Crippen molar-refractivity contribution < 1.29 is 62.3 Å². The lowest BCUT2D eigenvalue weighted by molar-refractivity contribution is -0.225. The molecule has 0 aromatic carbocycles. The summed E-state index contributed by atoms with van der Waals surface area (Å²) in [5.74, 6) is 4.68. The van der Waals surface area contributed by atoms with Gasteiger partial charge in [-0.05, 0) is 286 Å². The number of esters is 6. The van der Waals surface area contributed by atoms with E-state index in [4.69, 9.17) is 28.4 Å². The molecule has 10 bridgehead atoms. The first-order valence-corrected chi connectivity index (χ1v) is 37.4. The number of carbonyl (C=O) groups excluding carboxylic acids is 6. The Morgan fingerprint density at radius 2 is 0.890 bits per heavy atom. The van der Waals surface area contributed by atoms with Crippen molar-refractivity contribution in [3.8, 4) is 0 Å². The summed E-state index contributed by atoms with van der Waals surface area (Å²) in [6, 6.07) is 0. The number of hydrogen-bond donors (Lipinski definition) is 1. The first-order chi connectivity index (χ1) is 42.3. The van der Waals surface area contributed by atoms with E-state index in [1.807, 2.05) is 96.9 Å². The summed E-state index contributed by atoms with van der Waals surface area (Å²) in [6.07, 6.45) is 33.7. The van der Waals surface area contributed by atoms with Crippen LogP contribution in [0.3, 0.4) is 0 Å². The molecule has 1 heterocycles. The highest BCUT2D eigenvalue weighted by atomic mass is 16.6. The number of carbonyl (C=O) groups is 6. The standard InChI is InChI=1S/C21H36O2.C16H26O3.C15H28O2.C14H20O4.C12H22O2/c1-6-19(4,5)18(22)23-21(7-2,8-3)20-12-15-9-16(13-20)11-17(10-15)14-20;1-4-14(2,3)13(17)19-16-8-11-5-12(9-16)7-15(18,6-11)10-16;1-6-14(2,3)13(16)17-15(4,5)12-10-8-7-9-11-12;1-4-14(2,3)13(16)18-10-7-5-8-9(6-7)12(15)17-11(8)10;1-4-12(2,3)11(13)14-10-8-6-5-7-9-10/h15-17H,6-14H2,1-5H3;11-12,18H,4-10H2,1-3H3;12H,6-11H2,1-5H3;7-11H,4-6H2,1-3H3;10H,4-9H2,1-3H3. The van der Waals surface area contributed by atoms with Gasteiger partial charge in [0.05, 0.1) is 38.6 Å². The molecular formula is C78H132O13. The Morgan fingerprint density at radius 1 is 0.473 bits per heavy atom. The molecule has 0 aromatic heterocycles. The molecule has 522 valence electrons. The molecule has 13 fully saturated rings. The van der Waals surface area contributed by atoms with E-state index in [2.05, 4.69) is 34.6 Å². The second-order valence-electron chi connectivity index (χ2n) is 35.5. The Hall–Kier alpha value is -3.22. The van der Waals surface area contributed by atoms with E-state index in [-0.39, 0.29) is 98.5 Å². The van der Waals surface area contributed by atoms with Crippen LogP contribution >= 0.6 is 0 Å². The van der Waals surface area contributed by atoms with Gasteiger partial charge in [0.1, 0.15) is 35.1 Å². The zero-order valence-corrected chi connectivity index (χ0v) is 61.2. The first kappa shape index (κ1) is 75.2. The van der Waals surface area contributed by atoms with Gasteiger partial charge in [-0.2, -0.15) is 0 Å². The molecule has 1 saturated heterocycles. The highest BCUT2D eigenvalue weighted by Crippen LogP contribution is 2.66. The maximum absolute atomic E-state index is 12.9. The van der Waals surface area contributed by atoms with Crippen LogP contribution in [0.2, 0.25) is 0 Å². The Bertz CT molecular complexity index is 2430. The van der Waals surface area contributed by atoms with Gasteiger partial charge in [0.15, 0.2) is 0 Å². The van der Waals surface area contributed by atoms with Crippen molar-refractivity contribution in [2.75, 3.05) is 0 Å². The van der Waals surface area contributed by atoms with E-state index in [1.165, 1.54) is 96.3 Å². The third kappa shape index (κ3) is 17.1. The van der Waals surface area contributed by atoms with E-state index in [0.29, 0.717) is 36.0 Å². The zero-order chi connectivity index (χ0) is 67.6. The Balaban J connectivity index is 0.000000163. The van der Waals surface area contributed by atoms with Crippen molar-refractivity contribution in [3.05, 3.63) is 0 Å². The van der Waals surface area contributed by atoms with Gasteiger partial charge in [0.25, 0.3) is 0 Å². The highest BCUT2D eigenvalue weighted by molar-refractivity contribution is 5.79. The van der Waals surface area contributed by atoms with Gasteiger partial charge in [-0.3, -0.25) is 28.8 Å². The number of fused-ring (bicyclic) bond motifs is 1.